The number of nitrogens with zero attached hydrogens (tertiary/aromatic N) is 5. The summed E-state index contributed by atoms with van der Waals surface area (Å²) in [5, 5.41) is -0.347. The van der Waals surface area contributed by atoms with Crippen LogP contribution in [0.15, 0.2) is 47.8 Å². The summed E-state index contributed by atoms with van der Waals surface area (Å²) in [5.74, 6) is 0.274. The summed E-state index contributed by atoms with van der Waals surface area (Å²) < 4.78 is 33.3. The molecule has 1 unspecified atom stereocenters. The van der Waals surface area contributed by atoms with Crippen LogP contribution in [0.25, 0.3) is 11.4 Å². The third-order valence-electron chi connectivity index (χ3n) is 5.86. The summed E-state index contributed by atoms with van der Waals surface area (Å²) in [7, 11) is -4.26. The zero-order valence-electron chi connectivity index (χ0n) is 20.6. The number of hydrogen-bond donors (Lipinski definition) is 2. The first kappa shape index (κ1) is 25.3. The number of amides is 1. The predicted molar refractivity (Wildman–Crippen MR) is 135 cm³/mol. The number of carbonyl (C=O) groups excluding carboxylic acids is 1. The van der Waals surface area contributed by atoms with Crippen LogP contribution < -0.4 is 20.1 Å². The minimum Gasteiger partial charge on any atom is -0.477 e. The van der Waals surface area contributed by atoms with Gasteiger partial charge in [0.25, 0.3) is 15.9 Å². The van der Waals surface area contributed by atoms with E-state index < -0.39 is 15.9 Å². The highest BCUT2D eigenvalue weighted by Gasteiger charge is 2.39. The Morgan fingerprint density at radius 3 is 2.61 bits per heavy atom. The van der Waals surface area contributed by atoms with Crippen molar-refractivity contribution in [2.75, 3.05) is 23.8 Å². The first-order valence-electron chi connectivity index (χ1n) is 11.5. The van der Waals surface area contributed by atoms with Crippen LogP contribution in [0.5, 0.6) is 5.88 Å². The number of sulfonamides is 1. The van der Waals surface area contributed by atoms with Crippen LogP contribution in [0.1, 0.15) is 44.5 Å². The highest BCUT2D eigenvalue weighted by molar-refractivity contribution is 7.90. The van der Waals surface area contributed by atoms with Crippen LogP contribution in [0.2, 0.25) is 0 Å². The Kier molecular flexibility index (Phi) is 6.81. The lowest BCUT2D eigenvalue weighted by atomic mass is 9.97. The normalized spacial score (nSPS) is 17.1. The van der Waals surface area contributed by atoms with E-state index in [1.807, 2.05) is 11.8 Å². The number of aromatic nitrogens is 4. The van der Waals surface area contributed by atoms with Crippen molar-refractivity contribution in [3.63, 3.8) is 0 Å². The second-order valence-corrected chi connectivity index (χ2v) is 10.9. The molecule has 3 aromatic heterocycles. The van der Waals surface area contributed by atoms with Gasteiger partial charge < -0.3 is 15.4 Å². The van der Waals surface area contributed by atoms with E-state index in [-0.39, 0.29) is 21.9 Å². The van der Waals surface area contributed by atoms with Gasteiger partial charge in [0, 0.05) is 12.1 Å². The Morgan fingerprint density at radius 1 is 1.17 bits per heavy atom. The van der Waals surface area contributed by atoms with Crippen LogP contribution in [0, 0.1) is 5.92 Å². The quantitative estimate of drug-likeness (QED) is 0.484. The lowest BCUT2D eigenvalue weighted by molar-refractivity contribution is 0.0981. The fourth-order valence-electron chi connectivity index (χ4n) is 4.43. The van der Waals surface area contributed by atoms with E-state index in [0.717, 1.165) is 6.42 Å². The standard InChI is InChI=1S/C24H29N7O4S/c1-5-35-20-13-26-12-18(27-20)17-10-9-16(22(28-17)31-14-15(2)11-24(31,3)4)23(32)30-36(33,34)21-8-6-7-19(25)29-21/h6-10,12-13,15H,5,11,14H2,1-4H3,(H2,25,29)(H,30,32). The maximum atomic E-state index is 13.3. The van der Waals surface area contributed by atoms with E-state index in [9.17, 15) is 13.2 Å². The van der Waals surface area contributed by atoms with Gasteiger partial charge in [-0.1, -0.05) is 13.0 Å². The number of nitrogens with one attached hydrogen (secondary N) is 1. The predicted octanol–water partition coefficient (Wildman–Crippen LogP) is 2.66. The Balaban J connectivity index is 1.77. The molecular weight excluding hydrogens is 482 g/mol. The zero-order chi connectivity index (χ0) is 26.1. The van der Waals surface area contributed by atoms with Gasteiger partial charge in [-0.2, -0.15) is 8.42 Å². The number of pyridine rings is 2. The Hall–Kier alpha value is -3.80. The fraction of sp³-hybridized carbons (Fsp3) is 0.375. The molecule has 36 heavy (non-hydrogen) atoms. The van der Waals surface area contributed by atoms with Crippen LogP contribution in [0.4, 0.5) is 11.6 Å². The third-order valence-corrected chi connectivity index (χ3v) is 7.10. The van der Waals surface area contributed by atoms with Gasteiger partial charge in [0.2, 0.25) is 5.88 Å². The fourth-order valence-corrected chi connectivity index (χ4v) is 5.37. The highest BCUT2D eigenvalue weighted by atomic mass is 32.2. The smallest absolute Gasteiger partial charge is 0.281 e. The van der Waals surface area contributed by atoms with E-state index in [4.69, 9.17) is 15.5 Å². The SMILES string of the molecule is CCOc1cncc(-c2ccc(C(=O)NS(=O)(=O)c3cccc(N)n3)c(N3CC(C)CC3(C)C)n2)n1. The molecule has 1 amide bonds. The Bertz CT molecular complexity index is 1390. The summed E-state index contributed by atoms with van der Waals surface area (Å²) in [5.41, 5.74) is 6.37. The second-order valence-electron chi connectivity index (χ2n) is 9.31. The van der Waals surface area contributed by atoms with Crippen molar-refractivity contribution < 1.29 is 17.9 Å². The molecule has 0 bridgehead atoms. The largest absolute Gasteiger partial charge is 0.477 e. The summed E-state index contributed by atoms with van der Waals surface area (Å²) in [6.45, 7) is 9.19. The average Bonchev–Trinajstić information content (AvgIpc) is 3.10. The van der Waals surface area contributed by atoms with Crippen molar-refractivity contribution in [2.24, 2.45) is 5.92 Å². The molecule has 1 atom stereocenters. The molecule has 0 spiro atoms. The minimum absolute atomic E-state index is 0.0280. The van der Waals surface area contributed by atoms with Gasteiger partial charge in [-0.15, -0.1) is 0 Å². The molecule has 0 aromatic carbocycles. The summed E-state index contributed by atoms with van der Waals surface area (Å²) in [6.07, 6.45) is 3.95. The van der Waals surface area contributed by atoms with E-state index in [1.165, 1.54) is 24.4 Å². The summed E-state index contributed by atoms with van der Waals surface area (Å²) >= 11 is 0. The minimum atomic E-state index is -4.26. The van der Waals surface area contributed by atoms with Gasteiger partial charge >= 0.3 is 0 Å². The topological polar surface area (TPSA) is 153 Å². The number of anilines is 2. The molecule has 1 fully saturated rings. The van der Waals surface area contributed by atoms with Crippen LogP contribution in [-0.2, 0) is 10.0 Å². The van der Waals surface area contributed by atoms with Crippen molar-refractivity contribution in [3.8, 4) is 17.3 Å². The van der Waals surface area contributed by atoms with Crippen LogP contribution in [0.3, 0.4) is 0 Å². The number of carbonyl (C=O) groups is 1. The van der Waals surface area contributed by atoms with Crippen molar-refractivity contribution in [1.29, 1.82) is 0 Å². The third kappa shape index (κ3) is 5.23. The average molecular weight is 512 g/mol. The second kappa shape index (κ2) is 9.69. The van der Waals surface area contributed by atoms with Crippen molar-refractivity contribution in [3.05, 3.63) is 48.3 Å². The van der Waals surface area contributed by atoms with E-state index in [1.54, 1.807) is 18.3 Å². The molecule has 4 heterocycles. The molecule has 0 radical (unpaired) electrons. The Labute approximate surface area is 210 Å². The molecule has 4 rings (SSSR count). The number of nitrogens with two attached hydrogens (primary N) is 1. The number of hydrogen-bond acceptors (Lipinski definition) is 10. The van der Waals surface area contributed by atoms with Gasteiger partial charge in [0.15, 0.2) is 5.03 Å². The zero-order valence-corrected chi connectivity index (χ0v) is 21.4. The van der Waals surface area contributed by atoms with Gasteiger partial charge in [0.1, 0.15) is 17.3 Å². The molecule has 1 saturated heterocycles. The molecular formula is C24H29N7O4S. The monoisotopic (exact) mass is 511 g/mol. The number of nitrogen functional groups attached to an aromatic ring is 1. The van der Waals surface area contributed by atoms with Crippen LogP contribution >= 0.6 is 0 Å². The Morgan fingerprint density at radius 2 is 1.94 bits per heavy atom. The molecule has 0 saturated carbocycles. The first-order valence-corrected chi connectivity index (χ1v) is 13.0. The molecule has 1 aliphatic heterocycles. The van der Waals surface area contributed by atoms with Crippen molar-refractivity contribution in [2.45, 2.75) is 44.7 Å². The summed E-state index contributed by atoms with van der Waals surface area (Å²) in [6, 6.07) is 7.33. The molecule has 3 N–H and O–H groups in total. The first-order chi connectivity index (χ1) is 17.0. The number of rotatable bonds is 7. The highest BCUT2D eigenvalue weighted by Crippen LogP contribution is 2.38. The van der Waals surface area contributed by atoms with E-state index >= 15 is 0 Å². The molecule has 0 aliphatic carbocycles. The molecule has 12 heteroatoms. The van der Waals surface area contributed by atoms with Gasteiger partial charge in [0.05, 0.1) is 30.3 Å². The lowest BCUT2D eigenvalue weighted by Crippen LogP contribution is -2.41. The van der Waals surface area contributed by atoms with Gasteiger partial charge in [-0.25, -0.2) is 19.7 Å². The van der Waals surface area contributed by atoms with Crippen molar-refractivity contribution >= 4 is 27.6 Å². The van der Waals surface area contributed by atoms with E-state index in [0.29, 0.717) is 42.2 Å². The molecule has 3 aromatic rings. The molecule has 11 nitrogen and oxygen atoms in total. The molecule has 1 aliphatic rings. The van der Waals surface area contributed by atoms with Gasteiger partial charge in [-0.05, 0) is 57.4 Å². The molecule has 190 valence electrons. The maximum absolute atomic E-state index is 13.3. The summed E-state index contributed by atoms with van der Waals surface area (Å²) in [4.78, 5) is 32.6. The van der Waals surface area contributed by atoms with E-state index in [2.05, 4.69) is 40.4 Å². The van der Waals surface area contributed by atoms with Gasteiger partial charge in [-0.3, -0.25) is 9.78 Å². The van der Waals surface area contributed by atoms with Crippen molar-refractivity contribution in [1.82, 2.24) is 24.7 Å². The maximum Gasteiger partial charge on any atom is 0.281 e. The van der Waals surface area contributed by atoms with Crippen LogP contribution in [-0.4, -0.2) is 53.0 Å². The number of ether oxygens (including phenoxy) is 1. The lowest BCUT2D eigenvalue weighted by Gasteiger charge is -2.34.